The Kier molecular flexibility index (Phi) is 8.02. The van der Waals surface area contributed by atoms with Crippen LogP contribution in [0.25, 0.3) is 0 Å². The van der Waals surface area contributed by atoms with Gasteiger partial charge in [0.05, 0.1) is 0 Å². The van der Waals surface area contributed by atoms with E-state index in [4.69, 9.17) is 0 Å². The van der Waals surface area contributed by atoms with Crippen LogP contribution in [0, 0.1) is 34.5 Å². The molecule has 0 radical (unpaired) electrons. The Labute approximate surface area is 176 Å². The van der Waals surface area contributed by atoms with E-state index in [1.54, 1.807) is 0 Å². The van der Waals surface area contributed by atoms with Crippen LogP contribution in [0.4, 0.5) is 0 Å². The van der Waals surface area contributed by atoms with Crippen molar-refractivity contribution in [3.05, 3.63) is 11.1 Å². The van der Waals surface area contributed by atoms with Crippen molar-refractivity contribution in [3.8, 4) is 0 Å². The minimum atomic E-state index is 0.0438. The molecule has 0 aromatic carbocycles. The molecular formula is C27H48O. The number of hydrogen-bond acceptors (Lipinski definition) is 1. The second kappa shape index (κ2) is 9.48. The van der Waals surface area contributed by atoms with Crippen LogP contribution in [0.3, 0.4) is 0 Å². The number of rotatable bonds is 8. The highest BCUT2D eigenvalue weighted by atomic mass is 16.1. The molecule has 0 bridgehead atoms. The molecule has 0 aliphatic heterocycles. The van der Waals surface area contributed by atoms with Crippen LogP contribution in [-0.2, 0) is 4.79 Å². The third-order valence-corrected chi connectivity index (χ3v) is 8.18. The van der Waals surface area contributed by atoms with Crippen LogP contribution in [-0.4, -0.2) is 5.78 Å². The van der Waals surface area contributed by atoms with Crippen LogP contribution in [0.2, 0.25) is 0 Å². The highest BCUT2D eigenvalue weighted by molar-refractivity contribution is 5.98. The van der Waals surface area contributed by atoms with Crippen molar-refractivity contribution < 1.29 is 4.79 Å². The first kappa shape index (κ1) is 23.7. The lowest BCUT2D eigenvalue weighted by Crippen LogP contribution is -2.48. The van der Waals surface area contributed by atoms with Crippen molar-refractivity contribution in [2.24, 2.45) is 34.5 Å². The normalized spacial score (nSPS) is 25.7. The molecule has 2 unspecified atom stereocenters. The maximum atomic E-state index is 13.6. The lowest BCUT2D eigenvalue weighted by atomic mass is 9.50. The van der Waals surface area contributed by atoms with Gasteiger partial charge in [0.2, 0.25) is 0 Å². The maximum Gasteiger partial charge on any atom is 0.159 e. The Balaban J connectivity index is 2.63. The second-order valence-corrected chi connectivity index (χ2v) is 11.4. The number of hydrogen-bond donors (Lipinski definition) is 0. The quantitative estimate of drug-likeness (QED) is 0.408. The summed E-state index contributed by atoms with van der Waals surface area (Å²) in [4.78, 5) is 13.6. The number of carbonyl (C=O) groups is 1. The van der Waals surface area contributed by atoms with Gasteiger partial charge < -0.3 is 0 Å². The summed E-state index contributed by atoms with van der Waals surface area (Å²) in [6.45, 7) is 18.9. The van der Waals surface area contributed by atoms with Gasteiger partial charge in [0.1, 0.15) is 0 Å². The van der Waals surface area contributed by atoms with Crippen molar-refractivity contribution >= 4 is 5.78 Å². The molecule has 2 aliphatic carbocycles. The minimum Gasteiger partial charge on any atom is -0.295 e. The van der Waals surface area contributed by atoms with Gasteiger partial charge >= 0.3 is 0 Å². The molecule has 1 heteroatoms. The van der Waals surface area contributed by atoms with E-state index in [0.717, 1.165) is 18.8 Å². The smallest absolute Gasteiger partial charge is 0.159 e. The molecule has 2 rings (SSSR count). The SMILES string of the molecule is CCCC(CC)C(C(C)C)[C@@](C)(C1=C(C)CC(C)(C)CC1=O)C1CCCCC1. The van der Waals surface area contributed by atoms with Crippen molar-refractivity contribution in [2.75, 3.05) is 0 Å². The monoisotopic (exact) mass is 388 g/mol. The number of ketones is 1. The molecule has 1 saturated carbocycles. The predicted octanol–water partition coefficient (Wildman–Crippen LogP) is 8.38. The molecule has 28 heavy (non-hydrogen) atoms. The van der Waals surface area contributed by atoms with E-state index in [2.05, 4.69) is 55.4 Å². The number of carbonyl (C=O) groups excluding carboxylic acids is 1. The van der Waals surface area contributed by atoms with E-state index in [1.165, 1.54) is 62.5 Å². The van der Waals surface area contributed by atoms with E-state index in [0.29, 0.717) is 23.5 Å². The van der Waals surface area contributed by atoms with Gasteiger partial charge in [-0.05, 0) is 55.3 Å². The third kappa shape index (κ3) is 4.76. The third-order valence-electron chi connectivity index (χ3n) is 8.18. The lowest BCUT2D eigenvalue weighted by molar-refractivity contribution is -0.121. The van der Waals surface area contributed by atoms with Crippen molar-refractivity contribution in [1.29, 1.82) is 0 Å². The van der Waals surface area contributed by atoms with E-state index in [9.17, 15) is 4.79 Å². The summed E-state index contributed by atoms with van der Waals surface area (Å²) in [7, 11) is 0. The zero-order valence-corrected chi connectivity index (χ0v) is 20.3. The van der Waals surface area contributed by atoms with E-state index >= 15 is 0 Å². The van der Waals surface area contributed by atoms with E-state index < -0.39 is 0 Å². The molecule has 0 heterocycles. The van der Waals surface area contributed by atoms with Crippen molar-refractivity contribution in [3.63, 3.8) is 0 Å². The molecule has 162 valence electrons. The van der Waals surface area contributed by atoms with Crippen LogP contribution in [0.1, 0.15) is 120 Å². The summed E-state index contributed by atoms with van der Waals surface area (Å²) in [6.07, 6.45) is 12.3. The summed E-state index contributed by atoms with van der Waals surface area (Å²) in [6, 6.07) is 0. The lowest BCUT2D eigenvalue weighted by Gasteiger charge is -2.53. The van der Waals surface area contributed by atoms with Gasteiger partial charge in [0, 0.05) is 17.4 Å². The first-order valence-electron chi connectivity index (χ1n) is 12.3. The highest BCUT2D eigenvalue weighted by Gasteiger charge is 2.51. The molecule has 0 aromatic rings. The van der Waals surface area contributed by atoms with Crippen molar-refractivity contribution in [1.82, 2.24) is 0 Å². The zero-order chi connectivity index (χ0) is 21.1. The second-order valence-electron chi connectivity index (χ2n) is 11.4. The Morgan fingerprint density at radius 3 is 2.14 bits per heavy atom. The van der Waals surface area contributed by atoms with Crippen LogP contribution < -0.4 is 0 Å². The zero-order valence-electron chi connectivity index (χ0n) is 20.3. The summed E-state index contributed by atoms with van der Waals surface area (Å²) in [5.74, 6) is 3.09. The Morgan fingerprint density at radius 1 is 1.07 bits per heavy atom. The number of Topliss-reactive ketones (excluding diaryl/α,β-unsaturated/α-hetero) is 1. The van der Waals surface area contributed by atoms with Crippen LogP contribution in [0.15, 0.2) is 11.1 Å². The molecule has 0 saturated heterocycles. The summed E-state index contributed by atoms with van der Waals surface area (Å²) in [5.41, 5.74) is 2.85. The van der Waals surface area contributed by atoms with E-state index in [-0.39, 0.29) is 10.8 Å². The summed E-state index contributed by atoms with van der Waals surface area (Å²) in [5, 5.41) is 0. The topological polar surface area (TPSA) is 17.1 Å². The molecular weight excluding hydrogens is 340 g/mol. The number of allylic oxidation sites excluding steroid dienone is 2. The standard InChI is InChI=1S/C27H48O/c1-9-14-21(10-2)24(19(3)4)27(8,22-15-12-11-13-16-22)25-20(5)17-26(6,7)18-23(25)28/h19,21-22,24H,9-18H2,1-8H3/t21?,24?,27-/m0/s1. The van der Waals surface area contributed by atoms with E-state index in [1.807, 2.05) is 0 Å². The van der Waals surface area contributed by atoms with Crippen LogP contribution >= 0.6 is 0 Å². The summed E-state index contributed by atoms with van der Waals surface area (Å²) >= 11 is 0. The van der Waals surface area contributed by atoms with Crippen molar-refractivity contribution in [2.45, 2.75) is 120 Å². The molecule has 3 atom stereocenters. The molecule has 2 aliphatic rings. The van der Waals surface area contributed by atoms with Crippen LogP contribution in [0.5, 0.6) is 0 Å². The first-order valence-corrected chi connectivity index (χ1v) is 12.3. The van der Waals surface area contributed by atoms with Gasteiger partial charge in [-0.3, -0.25) is 4.79 Å². The maximum absolute atomic E-state index is 13.6. The van der Waals surface area contributed by atoms with Gasteiger partial charge in [-0.1, -0.05) is 92.6 Å². The first-order chi connectivity index (χ1) is 13.1. The summed E-state index contributed by atoms with van der Waals surface area (Å²) < 4.78 is 0. The minimum absolute atomic E-state index is 0.0438. The average molecular weight is 389 g/mol. The van der Waals surface area contributed by atoms with Gasteiger partial charge in [-0.25, -0.2) is 0 Å². The molecule has 0 amide bonds. The Morgan fingerprint density at radius 2 is 1.68 bits per heavy atom. The fourth-order valence-electron chi connectivity index (χ4n) is 7.47. The van der Waals surface area contributed by atoms with Gasteiger partial charge in [0.25, 0.3) is 0 Å². The molecule has 1 fully saturated rings. The Hall–Kier alpha value is -0.590. The van der Waals surface area contributed by atoms with Gasteiger partial charge in [0.15, 0.2) is 5.78 Å². The Bertz CT molecular complexity index is 561. The fourth-order valence-corrected chi connectivity index (χ4v) is 7.47. The molecule has 0 N–H and O–H groups in total. The predicted molar refractivity (Wildman–Crippen MR) is 122 cm³/mol. The highest BCUT2D eigenvalue weighted by Crippen LogP contribution is 2.57. The average Bonchev–Trinajstić information content (AvgIpc) is 2.59. The molecule has 0 aromatic heterocycles. The largest absolute Gasteiger partial charge is 0.295 e. The van der Waals surface area contributed by atoms with Gasteiger partial charge in [-0.15, -0.1) is 0 Å². The molecule has 1 nitrogen and oxygen atoms in total. The molecule has 0 spiro atoms. The van der Waals surface area contributed by atoms with Gasteiger partial charge in [-0.2, -0.15) is 0 Å². The fraction of sp³-hybridized carbons (Fsp3) is 0.889.